The van der Waals surface area contributed by atoms with E-state index in [9.17, 15) is 0 Å². The first-order valence-electron chi connectivity index (χ1n) is 13.0. The second-order valence-corrected chi connectivity index (χ2v) is 9.90. The third kappa shape index (κ3) is 6.05. The number of anilines is 4. The Morgan fingerprint density at radius 3 is 1.94 bits per heavy atom. The summed E-state index contributed by atoms with van der Waals surface area (Å²) in [5.41, 5.74) is 2.46. The summed E-state index contributed by atoms with van der Waals surface area (Å²) in [6, 6.07) is 23.2. The fraction of sp³-hybridized carbons (Fsp3) is 0.393. The zero-order chi connectivity index (χ0) is 24.7. The number of para-hydroxylation sites is 1. The molecule has 2 N–H and O–H groups in total. The number of piperazine rings is 1. The normalized spacial score (nSPS) is 17.0. The number of hydrogen-bond donors (Lipinski definition) is 2. The summed E-state index contributed by atoms with van der Waals surface area (Å²) in [7, 11) is 0. The molecule has 0 radical (unpaired) electrons. The average Bonchev–Trinajstić information content (AvgIpc) is 2.94. The first kappa shape index (κ1) is 24.3. The molecule has 1 unspecified atom stereocenters. The molecule has 5 rings (SSSR count). The van der Waals surface area contributed by atoms with E-state index in [1.54, 1.807) is 0 Å². The lowest BCUT2D eigenvalue weighted by Crippen LogP contribution is -2.47. The molecule has 0 amide bonds. The van der Waals surface area contributed by atoms with Crippen LogP contribution in [0, 0.1) is 0 Å². The molecule has 0 aliphatic carbocycles. The van der Waals surface area contributed by atoms with Crippen LogP contribution in [0.25, 0.3) is 0 Å². The molecule has 2 aliphatic heterocycles. The summed E-state index contributed by atoms with van der Waals surface area (Å²) < 4.78 is 0. The lowest BCUT2D eigenvalue weighted by molar-refractivity contribution is 0.573. The van der Waals surface area contributed by atoms with Crippen molar-refractivity contribution in [1.29, 1.82) is 0 Å². The number of nitrogens with zero attached hydrogens (tertiary/aromatic N) is 5. The van der Waals surface area contributed by atoms with Crippen LogP contribution in [0.5, 0.6) is 0 Å². The minimum absolute atomic E-state index is 0.0852. The number of piperidine rings is 1. The number of benzene rings is 2. The molecule has 7 nitrogen and oxygen atoms in total. The van der Waals surface area contributed by atoms with Crippen molar-refractivity contribution in [2.75, 3.05) is 59.3 Å². The zero-order valence-electron chi connectivity index (χ0n) is 20.9. The van der Waals surface area contributed by atoms with E-state index in [0.717, 1.165) is 50.9 Å². The van der Waals surface area contributed by atoms with Crippen LogP contribution in [-0.2, 0) is 0 Å². The van der Waals surface area contributed by atoms with E-state index in [4.69, 9.17) is 22.2 Å². The number of rotatable bonds is 6. The topological polar surface area (TPSA) is 59.6 Å². The van der Waals surface area contributed by atoms with Gasteiger partial charge in [0.1, 0.15) is 11.6 Å². The van der Waals surface area contributed by atoms with Gasteiger partial charge in [-0.25, -0.2) is 0 Å². The van der Waals surface area contributed by atoms with Crippen LogP contribution >= 0.6 is 12.2 Å². The third-order valence-corrected chi connectivity index (χ3v) is 7.20. The van der Waals surface area contributed by atoms with Crippen LogP contribution < -0.4 is 25.3 Å². The first-order chi connectivity index (χ1) is 17.7. The zero-order valence-corrected chi connectivity index (χ0v) is 21.8. The van der Waals surface area contributed by atoms with E-state index in [1.807, 2.05) is 18.2 Å². The average molecular weight is 502 g/mol. The Morgan fingerprint density at radius 1 is 0.750 bits per heavy atom. The fourth-order valence-electron chi connectivity index (χ4n) is 4.92. The van der Waals surface area contributed by atoms with Gasteiger partial charge in [0.25, 0.3) is 0 Å². The van der Waals surface area contributed by atoms with Crippen molar-refractivity contribution < 1.29 is 0 Å². The Bertz CT molecular complexity index is 1130. The Labute approximate surface area is 219 Å². The number of thiocarbonyl (C=S) groups is 1. The van der Waals surface area contributed by atoms with E-state index in [0.29, 0.717) is 11.1 Å². The molecular formula is C28H35N7S. The second-order valence-electron chi connectivity index (χ2n) is 9.50. The molecular weight excluding hydrogens is 466 g/mol. The third-order valence-electron chi connectivity index (χ3n) is 6.98. The van der Waals surface area contributed by atoms with Gasteiger partial charge in [-0.05, 0) is 56.1 Å². The van der Waals surface area contributed by atoms with Gasteiger partial charge >= 0.3 is 0 Å². The molecule has 8 heteroatoms. The van der Waals surface area contributed by atoms with Crippen molar-refractivity contribution in [1.82, 2.24) is 15.3 Å². The predicted molar refractivity (Wildman–Crippen MR) is 153 cm³/mol. The summed E-state index contributed by atoms with van der Waals surface area (Å²) in [6.45, 7) is 7.93. The van der Waals surface area contributed by atoms with E-state index in [2.05, 4.69) is 80.8 Å². The minimum Gasteiger partial charge on any atom is -0.368 e. The van der Waals surface area contributed by atoms with Crippen molar-refractivity contribution >= 4 is 40.6 Å². The molecule has 2 aliphatic rings. The highest BCUT2D eigenvalue weighted by atomic mass is 32.1. The molecule has 1 atom stereocenters. The summed E-state index contributed by atoms with van der Waals surface area (Å²) in [5, 5.41) is 7.17. The molecule has 2 fully saturated rings. The molecule has 0 bridgehead atoms. The van der Waals surface area contributed by atoms with E-state index < -0.39 is 0 Å². The quantitative estimate of drug-likeness (QED) is 0.466. The lowest BCUT2D eigenvalue weighted by atomic mass is 10.1. The smallest absolute Gasteiger partial charge is 0.232 e. The van der Waals surface area contributed by atoms with Crippen LogP contribution in [0.1, 0.15) is 37.8 Å². The lowest BCUT2D eigenvalue weighted by Gasteiger charge is -2.37. The molecule has 1 aromatic heterocycles. The maximum Gasteiger partial charge on any atom is 0.232 e. The first-order valence-corrected chi connectivity index (χ1v) is 13.4. The summed E-state index contributed by atoms with van der Waals surface area (Å²) >= 11 is 5.65. The van der Waals surface area contributed by atoms with Crippen molar-refractivity contribution in [2.45, 2.75) is 32.2 Å². The Hall–Kier alpha value is -3.39. The maximum absolute atomic E-state index is 5.65. The fourth-order valence-corrected chi connectivity index (χ4v) is 5.18. The molecule has 0 spiro atoms. The van der Waals surface area contributed by atoms with Crippen LogP contribution in [0.15, 0.2) is 66.7 Å². The van der Waals surface area contributed by atoms with Crippen molar-refractivity contribution in [3.05, 3.63) is 72.3 Å². The minimum atomic E-state index is 0.0852. The van der Waals surface area contributed by atoms with Gasteiger partial charge in [-0.2, -0.15) is 9.97 Å². The van der Waals surface area contributed by atoms with E-state index in [-0.39, 0.29) is 6.04 Å². The second kappa shape index (κ2) is 11.6. The molecule has 2 aromatic carbocycles. The predicted octanol–water partition coefficient (Wildman–Crippen LogP) is 4.84. The van der Waals surface area contributed by atoms with E-state index >= 15 is 0 Å². The largest absolute Gasteiger partial charge is 0.368 e. The molecule has 3 heterocycles. The summed E-state index contributed by atoms with van der Waals surface area (Å²) in [5.74, 6) is 2.49. The molecule has 188 valence electrons. The monoisotopic (exact) mass is 501 g/mol. The highest BCUT2D eigenvalue weighted by molar-refractivity contribution is 7.80. The Morgan fingerprint density at radius 2 is 1.31 bits per heavy atom. The van der Waals surface area contributed by atoms with Crippen LogP contribution in [0.3, 0.4) is 0 Å². The van der Waals surface area contributed by atoms with Crippen molar-refractivity contribution in [3.8, 4) is 0 Å². The number of hydrogen-bond acceptors (Lipinski definition) is 6. The van der Waals surface area contributed by atoms with Gasteiger partial charge in [0.15, 0.2) is 5.11 Å². The van der Waals surface area contributed by atoms with Gasteiger partial charge < -0.3 is 25.3 Å². The van der Waals surface area contributed by atoms with E-state index in [1.165, 1.54) is 30.5 Å². The van der Waals surface area contributed by atoms with Gasteiger partial charge in [-0.3, -0.25) is 0 Å². The van der Waals surface area contributed by atoms with Gasteiger partial charge in [0.05, 0.1) is 6.04 Å². The number of aromatic nitrogens is 2. The SMILES string of the molecule is CC(NC(=S)Nc1nc(N2CCCCC2)cc(N2CCN(c3ccccc3)CC2)n1)c1ccccc1. The molecule has 3 aromatic rings. The maximum atomic E-state index is 5.65. The number of nitrogens with one attached hydrogen (secondary N) is 2. The van der Waals surface area contributed by atoms with Gasteiger partial charge in [-0.1, -0.05) is 48.5 Å². The molecule has 2 saturated heterocycles. The Balaban J connectivity index is 1.31. The summed E-state index contributed by atoms with van der Waals surface area (Å²) in [6.07, 6.45) is 3.69. The van der Waals surface area contributed by atoms with Gasteiger partial charge in [0, 0.05) is 51.0 Å². The van der Waals surface area contributed by atoms with Crippen LogP contribution in [0.4, 0.5) is 23.3 Å². The van der Waals surface area contributed by atoms with Crippen molar-refractivity contribution in [2.24, 2.45) is 0 Å². The molecule has 36 heavy (non-hydrogen) atoms. The highest BCUT2D eigenvalue weighted by Gasteiger charge is 2.22. The van der Waals surface area contributed by atoms with Crippen LogP contribution in [-0.4, -0.2) is 54.3 Å². The van der Waals surface area contributed by atoms with Crippen LogP contribution in [0.2, 0.25) is 0 Å². The standard InChI is InChI=1S/C28H35N7S/c1-22(23-11-5-2-6-12-23)29-28(36)32-27-30-25(34-15-9-4-10-16-34)21-26(31-27)35-19-17-33(18-20-35)24-13-7-3-8-14-24/h2-3,5-8,11-14,21-22H,4,9-10,15-20H2,1H3,(H2,29,30,31,32,36). The summed E-state index contributed by atoms with van der Waals surface area (Å²) in [4.78, 5) is 17.0. The highest BCUT2D eigenvalue weighted by Crippen LogP contribution is 2.26. The van der Waals surface area contributed by atoms with Gasteiger partial charge in [0.2, 0.25) is 5.95 Å². The molecule has 0 saturated carbocycles. The van der Waals surface area contributed by atoms with Crippen molar-refractivity contribution in [3.63, 3.8) is 0 Å². The van der Waals surface area contributed by atoms with Gasteiger partial charge in [-0.15, -0.1) is 0 Å². The Kier molecular flexibility index (Phi) is 7.81.